The monoisotopic (exact) mass is 95.1 g/mol. The van der Waals surface area contributed by atoms with Crippen molar-refractivity contribution in [3.05, 3.63) is 19.1 Å². The molecule has 7 heavy (non-hydrogen) atoms. The minimum atomic E-state index is 0.653. The van der Waals surface area contributed by atoms with Crippen LogP contribution in [-0.2, 0) is 0 Å². The van der Waals surface area contributed by atoms with Crippen molar-refractivity contribution < 1.29 is 0 Å². The summed E-state index contributed by atoms with van der Waals surface area (Å²) in [6.45, 7) is 6.17. The van der Waals surface area contributed by atoms with Gasteiger partial charge in [0.1, 0.15) is 0 Å². The minimum Gasteiger partial charge on any atom is -0.0880 e. The maximum Gasteiger partial charge on any atom is -0.0231 e. The summed E-state index contributed by atoms with van der Waals surface area (Å²) in [6, 6.07) is 0. The van der Waals surface area contributed by atoms with E-state index in [1.54, 1.807) is 0 Å². The Morgan fingerprint density at radius 1 is 1.71 bits per heavy atom. The molecule has 0 aromatic rings. The zero-order chi connectivity index (χ0) is 5.28. The third kappa shape index (κ3) is 0.846. The van der Waals surface area contributed by atoms with Crippen LogP contribution in [0.3, 0.4) is 0 Å². The topological polar surface area (TPSA) is 0 Å². The summed E-state index contributed by atoms with van der Waals surface area (Å²) >= 11 is 0. The Bertz CT molecular complexity index is 82.0. The van der Waals surface area contributed by atoms with Gasteiger partial charge in [0.15, 0.2) is 0 Å². The number of rotatable bonds is 0. The fourth-order valence-corrected chi connectivity index (χ4v) is 0.840. The van der Waals surface area contributed by atoms with Gasteiger partial charge in [-0.2, -0.15) is 0 Å². The van der Waals surface area contributed by atoms with E-state index >= 15 is 0 Å². The van der Waals surface area contributed by atoms with Crippen LogP contribution in [0.25, 0.3) is 0 Å². The van der Waals surface area contributed by atoms with E-state index in [0.29, 0.717) is 5.92 Å². The third-order valence-electron chi connectivity index (χ3n) is 1.62. The molecular formula is C7H11. The van der Waals surface area contributed by atoms with Crippen LogP contribution >= 0.6 is 0 Å². The molecule has 0 aromatic carbocycles. The molecule has 0 saturated heterocycles. The van der Waals surface area contributed by atoms with E-state index in [4.69, 9.17) is 0 Å². The smallest absolute Gasteiger partial charge is 0.0231 e. The van der Waals surface area contributed by atoms with Gasteiger partial charge in [-0.15, -0.1) is 0 Å². The predicted octanol–water partition coefficient (Wildman–Crippen LogP) is 2.03. The fraction of sp³-hybridized carbons (Fsp3) is 0.571. The molecule has 2 unspecified atom stereocenters. The lowest BCUT2D eigenvalue weighted by Gasteiger charge is -2.04. The highest BCUT2D eigenvalue weighted by molar-refractivity contribution is 4.99. The van der Waals surface area contributed by atoms with E-state index in [2.05, 4.69) is 26.0 Å². The highest BCUT2D eigenvalue weighted by Gasteiger charge is 2.11. The zero-order valence-corrected chi connectivity index (χ0v) is 4.72. The molecule has 0 spiro atoms. The van der Waals surface area contributed by atoms with Gasteiger partial charge in [-0.25, -0.2) is 0 Å². The van der Waals surface area contributed by atoms with Crippen molar-refractivity contribution in [1.82, 2.24) is 0 Å². The SMILES string of the molecule is [CH2]C1CC=CC1C. The van der Waals surface area contributed by atoms with Crippen LogP contribution in [0.2, 0.25) is 0 Å². The van der Waals surface area contributed by atoms with Gasteiger partial charge in [0.2, 0.25) is 0 Å². The molecule has 1 aliphatic rings. The lowest BCUT2D eigenvalue weighted by molar-refractivity contribution is 0.550. The van der Waals surface area contributed by atoms with Crippen LogP contribution in [0.5, 0.6) is 0 Å². The molecule has 39 valence electrons. The molecule has 0 bridgehead atoms. The quantitative estimate of drug-likeness (QED) is 0.404. The molecule has 0 fully saturated rings. The van der Waals surface area contributed by atoms with Crippen molar-refractivity contribution in [2.45, 2.75) is 13.3 Å². The maximum absolute atomic E-state index is 3.96. The van der Waals surface area contributed by atoms with Crippen molar-refractivity contribution in [2.24, 2.45) is 11.8 Å². The summed E-state index contributed by atoms with van der Waals surface area (Å²) in [6.07, 6.45) is 5.63. The highest BCUT2D eigenvalue weighted by atomic mass is 14.2. The second kappa shape index (κ2) is 1.69. The average molecular weight is 95.2 g/mol. The Morgan fingerprint density at radius 3 is 2.57 bits per heavy atom. The molecule has 2 atom stereocenters. The minimum absolute atomic E-state index is 0.653. The van der Waals surface area contributed by atoms with E-state index in [-0.39, 0.29) is 0 Å². The molecular weight excluding hydrogens is 84.1 g/mol. The Labute approximate surface area is 45.2 Å². The van der Waals surface area contributed by atoms with Crippen LogP contribution in [0.4, 0.5) is 0 Å². The van der Waals surface area contributed by atoms with Gasteiger partial charge < -0.3 is 0 Å². The average Bonchev–Trinajstić information content (AvgIpc) is 1.91. The standard InChI is InChI=1S/C7H11/c1-6-4-3-5-7(6)2/h3,5-7H,1,4H2,2H3. The van der Waals surface area contributed by atoms with Crippen molar-refractivity contribution in [3.8, 4) is 0 Å². The van der Waals surface area contributed by atoms with E-state index in [1.165, 1.54) is 6.42 Å². The second-order valence-electron chi connectivity index (χ2n) is 2.28. The first-order chi connectivity index (χ1) is 3.30. The zero-order valence-electron chi connectivity index (χ0n) is 4.72. The van der Waals surface area contributed by atoms with Crippen LogP contribution in [-0.4, -0.2) is 0 Å². The summed E-state index contributed by atoms with van der Waals surface area (Å²) in [5.41, 5.74) is 0. The molecule has 0 nitrogen and oxygen atoms in total. The van der Waals surface area contributed by atoms with Gasteiger partial charge in [0.05, 0.1) is 0 Å². The van der Waals surface area contributed by atoms with Crippen molar-refractivity contribution in [3.63, 3.8) is 0 Å². The summed E-state index contributed by atoms with van der Waals surface area (Å²) < 4.78 is 0. The molecule has 0 N–H and O–H groups in total. The summed E-state index contributed by atoms with van der Waals surface area (Å²) in [5, 5.41) is 0. The van der Waals surface area contributed by atoms with Crippen molar-refractivity contribution in [2.75, 3.05) is 0 Å². The van der Waals surface area contributed by atoms with Crippen LogP contribution in [0.1, 0.15) is 13.3 Å². The van der Waals surface area contributed by atoms with Gasteiger partial charge in [-0.1, -0.05) is 19.1 Å². The summed E-state index contributed by atoms with van der Waals surface area (Å²) in [4.78, 5) is 0. The first-order valence-electron chi connectivity index (χ1n) is 2.80. The molecule has 1 rings (SSSR count). The molecule has 1 aliphatic carbocycles. The molecule has 0 saturated carbocycles. The molecule has 0 heterocycles. The Hall–Kier alpha value is -0.260. The van der Waals surface area contributed by atoms with Gasteiger partial charge in [0.25, 0.3) is 0 Å². The molecule has 0 amide bonds. The lowest BCUT2D eigenvalue weighted by atomic mass is 10.0. The number of hydrogen-bond acceptors (Lipinski definition) is 0. The van der Waals surface area contributed by atoms with E-state index in [0.717, 1.165) is 5.92 Å². The lowest BCUT2D eigenvalue weighted by Crippen LogP contribution is -1.96. The van der Waals surface area contributed by atoms with Crippen LogP contribution in [0.15, 0.2) is 12.2 Å². The normalized spacial score (nSPS) is 39.7. The van der Waals surface area contributed by atoms with E-state index < -0.39 is 0 Å². The molecule has 1 radical (unpaired) electrons. The van der Waals surface area contributed by atoms with Gasteiger partial charge in [-0.05, 0) is 25.2 Å². The molecule has 0 aromatic heterocycles. The van der Waals surface area contributed by atoms with Crippen molar-refractivity contribution >= 4 is 0 Å². The molecule has 0 heteroatoms. The number of allylic oxidation sites excluding steroid dienone is 2. The van der Waals surface area contributed by atoms with E-state index in [9.17, 15) is 0 Å². The fourth-order valence-electron chi connectivity index (χ4n) is 0.840. The Balaban J connectivity index is 2.45. The van der Waals surface area contributed by atoms with Crippen molar-refractivity contribution in [1.29, 1.82) is 0 Å². The number of hydrogen-bond donors (Lipinski definition) is 0. The van der Waals surface area contributed by atoms with Gasteiger partial charge in [-0.3, -0.25) is 0 Å². The Morgan fingerprint density at radius 2 is 2.43 bits per heavy atom. The summed E-state index contributed by atoms with van der Waals surface area (Å²) in [7, 11) is 0. The van der Waals surface area contributed by atoms with Crippen LogP contribution in [0, 0.1) is 18.8 Å². The first-order valence-corrected chi connectivity index (χ1v) is 2.80. The first kappa shape index (κ1) is 4.89. The van der Waals surface area contributed by atoms with E-state index in [1.807, 2.05) is 0 Å². The van der Waals surface area contributed by atoms with Gasteiger partial charge >= 0.3 is 0 Å². The Kier molecular flexibility index (Phi) is 1.18. The van der Waals surface area contributed by atoms with Crippen LogP contribution < -0.4 is 0 Å². The maximum atomic E-state index is 3.96. The largest absolute Gasteiger partial charge is 0.0880 e. The highest BCUT2D eigenvalue weighted by Crippen LogP contribution is 2.22. The molecule has 0 aliphatic heterocycles. The predicted molar refractivity (Wildman–Crippen MR) is 31.8 cm³/mol. The second-order valence-corrected chi connectivity index (χ2v) is 2.28. The van der Waals surface area contributed by atoms with Gasteiger partial charge in [0, 0.05) is 0 Å². The third-order valence-corrected chi connectivity index (χ3v) is 1.62. The summed E-state index contributed by atoms with van der Waals surface area (Å²) in [5.74, 6) is 1.37.